The summed E-state index contributed by atoms with van der Waals surface area (Å²) in [5.74, 6) is -1.26. The molecular weight excluding hydrogens is 204 g/mol. The maximum Gasteiger partial charge on any atom is 0.334 e. The first kappa shape index (κ1) is 10.9. The molecule has 0 spiro atoms. The first-order chi connectivity index (χ1) is 7.72. The van der Waals surface area contributed by atoms with E-state index in [0.29, 0.717) is 6.42 Å². The Bertz CT molecular complexity index is 416. The number of hydrogen-bond acceptors (Lipinski definition) is 3. The van der Waals surface area contributed by atoms with Gasteiger partial charge in [-0.1, -0.05) is 37.3 Å². The van der Waals surface area contributed by atoms with E-state index in [1.54, 1.807) is 7.11 Å². The lowest BCUT2D eigenvalue weighted by atomic mass is 9.96. The number of carbonyl (C=O) groups excluding carboxylic acids is 1. The minimum absolute atomic E-state index is 0.345. The molecule has 0 saturated carbocycles. The highest BCUT2D eigenvalue weighted by molar-refractivity contribution is 5.98. The average molecular weight is 218 g/mol. The fraction of sp³-hybridized carbons (Fsp3) is 0.308. The number of benzene rings is 1. The Morgan fingerprint density at radius 1 is 1.31 bits per heavy atom. The summed E-state index contributed by atoms with van der Waals surface area (Å²) < 4.78 is 10.6. The van der Waals surface area contributed by atoms with E-state index in [1.165, 1.54) is 6.08 Å². The van der Waals surface area contributed by atoms with Crippen LogP contribution in [0.15, 0.2) is 36.4 Å². The minimum Gasteiger partial charge on any atom is -0.425 e. The summed E-state index contributed by atoms with van der Waals surface area (Å²) in [4.78, 5) is 11.4. The number of cyclic esters (lactones) is 1. The number of hydrogen-bond donors (Lipinski definition) is 0. The summed E-state index contributed by atoms with van der Waals surface area (Å²) >= 11 is 0. The molecule has 0 N–H and O–H groups in total. The Hall–Kier alpha value is -1.61. The molecule has 0 aromatic heterocycles. The third-order valence-corrected chi connectivity index (χ3v) is 2.82. The molecule has 1 aromatic rings. The number of rotatable bonds is 3. The van der Waals surface area contributed by atoms with Crippen LogP contribution in [-0.4, -0.2) is 18.9 Å². The molecule has 0 amide bonds. The fourth-order valence-electron chi connectivity index (χ4n) is 1.95. The van der Waals surface area contributed by atoms with Gasteiger partial charge in [0.1, 0.15) is 0 Å². The van der Waals surface area contributed by atoms with Gasteiger partial charge in [-0.05, 0) is 5.56 Å². The average Bonchev–Trinajstić information content (AvgIpc) is 2.68. The first-order valence-corrected chi connectivity index (χ1v) is 5.27. The van der Waals surface area contributed by atoms with Crippen LogP contribution in [-0.2, 0) is 14.3 Å². The molecule has 0 bridgehead atoms. The van der Waals surface area contributed by atoms with Crippen molar-refractivity contribution >= 4 is 11.5 Å². The lowest BCUT2D eigenvalue weighted by Crippen LogP contribution is -2.32. The van der Waals surface area contributed by atoms with Gasteiger partial charge in [0.2, 0.25) is 5.79 Å². The van der Waals surface area contributed by atoms with Crippen LogP contribution in [0, 0.1) is 0 Å². The monoisotopic (exact) mass is 218 g/mol. The first-order valence-electron chi connectivity index (χ1n) is 5.27. The van der Waals surface area contributed by atoms with Crippen molar-refractivity contribution in [2.45, 2.75) is 19.1 Å². The Morgan fingerprint density at radius 3 is 2.56 bits per heavy atom. The Balaban J connectivity index is 2.46. The van der Waals surface area contributed by atoms with Crippen molar-refractivity contribution in [2.75, 3.05) is 7.11 Å². The van der Waals surface area contributed by atoms with Crippen LogP contribution in [0.25, 0.3) is 5.57 Å². The molecule has 1 heterocycles. The van der Waals surface area contributed by atoms with Crippen molar-refractivity contribution < 1.29 is 14.3 Å². The van der Waals surface area contributed by atoms with Crippen molar-refractivity contribution in [3.05, 3.63) is 42.0 Å². The van der Waals surface area contributed by atoms with Crippen LogP contribution in [0.5, 0.6) is 0 Å². The van der Waals surface area contributed by atoms with Gasteiger partial charge < -0.3 is 9.47 Å². The quantitative estimate of drug-likeness (QED) is 0.731. The third kappa shape index (κ3) is 1.63. The summed E-state index contributed by atoms with van der Waals surface area (Å²) in [6, 6.07) is 9.67. The van der Waals surface area contributed by atoms with Gasteiger partial charge in [-0.3, -0.25) is 0 Å². The van der Waals surface area contributed by atoms with E-state index in [-0.39, 0.29) is 5.97 Å². The molecule has 1 atom stereocenters. The van der Waals surface area contributed by atoms with Crippen molar-refractivity contribution in [1.82, 2.24) is 0 Å². The molecule has 0 fully saturated rings. The predicted molar refractivity (Wildman–Crippen MR) is 60.5 cm³/mol. The van der Waals surface area contributed by atoms with Crippen molar-refractivity contribution in [1.29, 1.82) is 0 Å². The molecule has 0 radical (unpaired) electrons. The third-order valence-electron chi connectivity index (χ3n) is 2.82. The Morgan fingerprint density at radius 2 is 2.00 bits per heavy atom. The molecule has 1 aliphatic rings. The van der Waals surface area contributed by atoms with Crippen molar-refractivity contribution in [3.63, 3.8) is 0 Å². The maximum atomic E-state index is 11.4. The molecule has 1 aliphatic heterocycles. The second kappa shape index (κ2) is 4.10. The van der Waals surface area contributed by atoms with Gasteiger partial charge >= 0.3 is 5.97 Å². The van der Waals surface area contributed by atoms with Crippen LogP contribution in [0.1, 0.15) is 18.9 Å². The van der Waals surface area contributed by atoms with E-state index in [9.17, 15) is 4.79 Å². The highest BCUT2D eigenvalue weighted by atomic mass is 16.7. The zero-order valence-electron chi connectivity index (χ0n) is 9.40. The Kier molecular flexibility index (Phi) is 2.79. The van der Waals surface area contributed by atoms with E-state index >= 15 is 0 Å². The summed E-state index contributed by atoms with van der Waals surface area (Å²) in [5.41, 5.74) is 1.75. The Labute approximate surface area is 94.7 Å². The maximum absolute atomic E-state index is 11.4. The van der Waals surface area contributed by atoms with Gasteiger partial charge in [0.05, 0.1) is 0 Å². The zero-order valence-corrected chi connectivity index (χ0v) is 9.40. The van der Waals surface area contributed by atoms with Crippen LogP contribution in [0.3, 0.4) is 0 Å². The van der Waals surface area contributed by atoms with Gasteiger partial charge in [-0.2, -0.15) is 0 Å². The minimum atomic E-state index is -0.918. The largest absolute Gasteiger partial charge is 0.425 e. The van der Waals surface area contributed by atoms with E-state index < -0.39 is 5.79 Å². The van der Waals surface area contributed by atoms with Gasteiger partial charge in [0.25, 0.3) is 0 Å². The summed E-state index contributed by atoms with van der Waals surface area (Å²) in [5, 5.41) is 0. The molecule has 0 aliphatic carbocycles. The number of esters is 1. The zero-order chi connectivity index (χ0) is 11.6. The van der Waals surface area contributed by atoms with E-state index in [2.05, 4.69) is 0 Å². The number of carbonyl (C=O) groups is 1. The van der Waals surface area contributed by atoms with Gasteiger partial charge in [0.15, 0.2) is 0 Å². The summed E-state index contributed by atoms with van der Waals surface area (Å²) in [6.07, 6.45) is 2.10. The lowest BCUT2D eigenvalue weighted by Gasteiger charge is -2.28. The summed E-state index contributed by atoms with van der Waals surface area (Å²) in [7, 11) is 1.55. The van der Waals surface area contributed by atoms with Crippen molar-refractivity contribution in [3.8, 4) is 0 Å². The van der Waals surface area contributed by atoms with Crippen molar-refractivity contribution in [2.24, 2.45) is 0 Å². The topological polar surface area (TPSA) is 35.5 Å². The summed E-state index contributed by atoms with van der Waals surface area (Å²) in [6.45, 7) is 1.93. The van der Waals surface area contributed by atoms with E-state index in [1.807, 2.05) is 37.3 Å². The second-order valence-electron chi connectivity index (χ2n) is 3.66. The highest BCUT2D eigenvalue weighted by Gasteiger charge is 2.42. The smallest absolute Gasteiger partial charge is 0.334 e. The highest BCUT2D eigenvalue weighted by Crippen LogP contribution is 2.38. The van der Waals surface area contributed by atoms with Crippen LogP contribution < -0.4 is 0 Å². The standard InChI is InChI=1S/C13H14O3/c1-3-13(15-2)11(9-12(14)16-13)10-7-5-4-6-8-10/h4-9H,3H2,1-2H3. The fourth-order valence-corrected chi connectivity index (χ4v) is 1.95. The normalized spacial score (nSPS) is 24.1. The van der Waals surface area contributed by atoms with Gasteiger partial charge in [-0.25, -0.2) is 4.79 Å². The molecule has 2 rings (SSSR count). The molecular formula is C13H14O3. The van der Waals surface area contributed by atoms with Gasteiger partial charge in [-0.15, -0.1) is 0 Å². The molecule has 16 heavy (non-hydrogen) atoms. The van der Waals surface area contributed by atoms with Crippen LogP contribution in [0.4, 0.5) is 0 Å². The van der Waals surface area contributed by atoms with E-state index in [4.69, 9.17) is 9.47 Å². The lowest BCUT2D eigenvalue weighted by molar-refractivity contribution is -0.185. The van der Waals surface area contributed by atoms with E-state index in [0.717, 1.165) is 11.1 Å². The second-order valence-corrected chi connectivity index (χ2v) is 3.66. The molecule has 0 saturated heterocycles. The predicted octanol–water partition coefficient (Wildman–Crippen LogP) is 2.38. The molecule has 3 nitrogen and oxygen atoms in total. The van der Waals surface area contributed by atoms with Crippen LogP contribution >= 0.6 is 0 Å². The molecule has 3 heteroatoms. The molecule has 1 unspecified atom stereocenters. The molecule has 84 valence electrons. The number of ether oxygens (including phenoxy) is 2. The number of methoxy groups -OCH3 is 1. The SMILES string of the molecule is CCC1(OC)OC(=O)C=C1c1ccccc1. The van der Waals surface area contributed by atoms with Crippen LogP contribution in [0.2, 0.25) is 0 Å². The molecule has 1 aromatic carbocycles. The van der Waals surface area contributed by atoms with Gasteiger partial charge in [0, 0.05) is 25.2 Å².